The van der Waals surface area contributed by atoms with Gasteiger partial charge in [0.15, 0.2) is 5.82 Å². The third-order valence-corrected chi connectivity index (χ3v) is 4.69. The van der Waals surface area contributed by atoms with E-state index in [0.717, 1.165) is 28.2 Å². The standard InChI is InChI=1S/C23H20N4O2S/c1-28-20-12-10-19(11-13-20)22-25-26-23(30)27(22)24-15-18-8-5-9-21(14-18)29-16-17-6-3-2-4-7-17/h2-15H,16H2,1H3,(H,26,30)/b24-15-. The first-order valence-corrected chi connectivity index (χ1v) is 9.77. The van der Waals surface area contributed by atoms with Gasteiger partial charge in [0.05, 0.1) is 13.3 Å². The van der Waals surface area contributed by atoms with Gasteiger partial charge in [-0.25, -0.2) is 5.10 Å². The number of aromatic nitrogens is 3. The molecular weight excluding hydrogens is 396 g/mol. The SMILES string of the molecule is COc1ccc(-c2n[nH]c(=S)n2/N=C\c2cccc(OCc3ccccc3)c2)cc1. The Kier molecular flexibility index (Phi) is 6.01. The van der Waals surface area contributed by atoms with E-state index in [-0.39, 0.29) is 0 Å². The quantitative estimate of drug-likeness (QED) is 0.337. The Hall–Kier alpha value is -3.71. The highest BCUT2D eigenvalue weighted by Crippen LogP contribution is 2.21. The summed E-state index contributed by atoms with van der Waals surface area (Å²) in [4.78, 5) is 0. The van der Waals surface area contributed by atoms with Crippen molar-refractivity contribution < 1.29 is 9.47 Å². The number of nitrogens with zero attached hydrogens (tertiary/aromatic N) is 3. The number of ether oxygens (including phenoxy) is 2. The van der Waals surface area contributed by atoms with Gasteiger partial charge in [-0.3, -0.25) is 0 Å². The smallest absolute Gasteiger partial charge is 0.216 e. The van der Waals surface area contributed by atoms with Crippen LogP contribution < -0.4 is 9.47 Å². The predicted molar refractivity (Wildman–Crippen MR) is 120 cm³/mol. The summed E-state index contributed by atoms with van der Waals surface area (Å²) in [7, 11) is 1.63. The Balaban J connectivity index is 1.53. The van der Waals surface area contributed by atoms with E-state index in [9.17, 15) is 0 Å². The molecule has 0 fully saturated rings. The van der Waals surface area contributed by atoms with Crippen molar-refractivity contribution in [2.24, 2.45) is 5.10 Å². The summed E-state index contributed by atoms with van der Waals surface area (Å²) in [5, 5.41) is 11.6. The van der Waals surface area contributed by atoms with E-state index in [1.54, 1.807) is 18.0 Å². The fraction of sp³-hybridized carbons (Fsp3) is 0.0870. The van der Waals surface area contributed by atoms with Crippen LogP contribution in [0.2, 0.25) is 0 Å². The molecular formula is C23H20N4O2S. The highest BCUT2D eigenvalue weighted by atomic mass is 32.1. The van der Waals surface area contributed by atoms with Gasteiger partial charge in [0, 0.05) is 5.56 Å². The Morgan fingerprint density at radius 3 is 2.57 bits per heavy atom. The summed E-state index contributed by atoms with van der Waals surface area (Å²) in [6, 6.07) is 25.4. The average Bonchev–Trinajstić information content (AvgIpc) is 3.17. The molecule has 1 heterocycles. The summed E-state index contributed by atoms with van der Waals surface area (Å²) < 4.78 is 13.1. The third kappa shape index (κ3) is 4.64. The van der Waals surface area contributed by atoms with Gasteiger partial charge >= 0.3 is 0 Å². The number of hydrogen-bond donors (Lipinski definition) is 1. The van der Waals surface area contributed by atoms with E-state index in [2.05, 4.69) is 15.3 Å². The summed E-state index contributed by atoms with van der Waals surface area (Å²) in [6.45, 7) is 0.510. The van der Waals surface area contributed by atoms with Crippen LogP contribution in [-0.4, -0.2) is 28.2 Å². The van der Waals surface area contributed by atoms with Gasteiger partial charge in [0.25, 0.3) is 0 Å². The minimum Gasteiger partial charge on any atom is -0.497 e. The lowest BCUT2D eigenvalue weighted by Crippen LogP contribution is -1.97. The predicted octanol–water partition coefficient (Wildman–Crippen LogP) is 5.08. The molecule has 150 valence electrons. The van der Waals surface area contributed by atoms with Gasteiger partial charge < -0.3 is 9.47 Å². The van der Waals surface area contributed by atoms with Crippen LogP contribution in [0.3, 0.4) is 0 Å². The second-order valence-electron chi connectivity index (χ2n) is 6.48. The van der Waals surface area contributed by atoms with Gasteiger partial charge in [-0.15, -0.1) is 0 Å². The molecule has 4 aromatic rings. The molecule has 1 aromatic heterocycles. The Morgan fingerprint density at radius 2 is 1.80 bits per heavy atom. The summed E-state index contributed by atoms with van der Waals surface area (Å²) in [5.74, 6) is 2.17. The molecule has 0 saturated heterocycles. The number of hydrogen-bond acceptors (Lipinski definition) is 5. The number of rotatable bonds is 7. The summed E-state index contributed by atoms with van der Waals surface area (Å²) in [5.41, 5.74) is 2.88. The minimum atomic E-state index is 0.411. The molecule has 1 N–H and O–H groups in total. The fourth-order valence-corrected chi connectivity index (χ4v) is 3.05. The molecule has 0 bridgehead atoms. The highest BCUT2D eigenvalue weighted by Gasteiger charge is 2.08. The van der Waals surface area contributed by atoms with Crippen molar-refractivity contribution in [2.75, 3.05) is 7.11 Å². The molecule has 0 atom stereocenters. The summed E-state index contributed by atoms with van der Waals surface area (Å²) in [6.07, 6.45) is 1.73. The van der Waals surface area contributed by atoms with E-state index < -0.39 is 0 Å². The molecule has 30 heavy (non-hydrogen) atoms. The molecule has 0 radical (unpaired) electrons. The normalized spacial score (nSPS) is 11.0. The van der Waals surface area contributed by atoms with Crippen molar-refractivity contribution in [2.45, 2.75) is 6.61 Å². The first-order chi connectivity index (χ1) is 14.7. The molecule has 3 aromatic carbocycles. The van der Waals surface area contributed by atoms with E-state index in [0.29, 0.717) is 17.2 Å². The number of nitrogens with one attached hydrogen (secondary N) is 1. The lowest BCUT2D eigenvalue weighted by Gasteiger charge is -2.07. The van der Waals surface area contributed by atoms with Gasteiger partial charge in [0.1, 0.15) is 18.1 Å². The van der Waals surface area contributed by atoms with E-state index >= 15 is 0 Å². The van der Waals surface area contributed by atoms with Crippen LogP contribution in [0.5, 0.6) is 11.5 Å². The van der Waals surface area contributed by atoms with Crippen molar-refractivity contribution in [3.05, 3.63) is 94.8 Å². The molecule has 0 aliphatic rings. The molecule has 0 aliphatic heterocycles. The number of benzene rings is 3. The minimum absolute atomic E-state index is 0.411. The van der Waals surface area contributed by atoms with Crippen molar-refractivity contribution in [3.63, 3.8) is 0 Å². The second kappa shape index (κ2) is 9.19. The van der Waals surface area contributed by atoms with Crippen LogP contribution >= 0.6 is 12.2 Å². The monoisotopic (exact) mass is 416 g/mol. The Bertz CT molecular complexity index is 1200. The van der Waals surface area contributed by atoms with E-state index in [1.807, 2.05) is 78.9 Å². The fourth-order valence-electron chi connectivity index (χ4n) is 2.88. The van der Waals surface area contributed by atoms with Gasteiger partial charge in [-0.2, -0.15) is 14.9 Å². The maximum Gasteiger partial charge on any atom is 0.216 e. The Labute approximate surface area is 179 Å². The highest BCUT2D eigenvalue weighted by molar-refractivity contribution is 7.71. The molecule has 0 aliphatic carbocycles. The van der Waals surface area contributed by atoms with E-state index in [1.165, 1.54) is 0 Å². The van der Waals surface area contributed by atoms with Crippen molar-refractivity contribution in [1.82, 2.24) is 14.9 Å². The average molecular weight is 417 g/mol. The first kappa shape index (κ1) is 19.6. The van der Waals surface area contributed by atoms with Gasteiger partial charge in [-0.1, -0.05) is 42.5 Å². The van der Waals surface area contributed by atoms with Crippen molar-refractivity contribution >= 4 is 18.4 Å². The zero-order valence-electron chi connectivity index (χ0n) is 16.4. The molecule has 0 unspecified atom stereocenters. The molecule has 0 spiro atoms. The lowest BCUT2D eigenvalue weighted by atomic mass is 10.2. The maximum atomic E-state index is 5.89. The van der Waals surface area contributed by atoms with Crippen LogP contribution in [0, 0.1) is 4.77 Å². The largest absolute Gasteiger partial charge is 0.497 e. The lowest BCUT2D eigenvalue weighted by molar-refractivity contribution is 0.306. The van der Waals surface area contributed by atoms with Crippen LogP contribution in [0.4, 0.5) is 0 Å². The number of H-pyrrole nitrogens is 1. The van der Waals surface area contributed by atoms with Gasteiger partial charge in [-0.05, 0) is 59.7 Å². The Morgan fingerprint density at radius 1 is 1.00 bits per heavy atom. The van der Waals surface area contributed by atoms with Gasteiger partial charge in [0.2, 0.25) is 4.77 Å². The molecule has 0 amide bonds. The number of aromatic amines is 1. The molecule has 0 saturated carbocycles. The second-order valence-corrected chi connectivity index (χ2v) is 6.87. The third-order valence-electron chi connectivity index (χ3n) is 4.43. The van der Waals surface area contributed by atoms with Crippen LogP contribution in [-0.2, 0) is 6.61 Å². The van der Waals surface area contributed by atoms with Crippen LogP contribution in [0.25, 0.3) is 11.4 Å². The zero-order chi connectivity index (χ0) is 20.8. The van der Waals surface area contributed by atoms with Crippen molar-refractivity contribution in [1.29, 1.82) is 0 Å². The topological polar surface area (TPSA) is 64.4 Å². The van der Waals surface area contributed by atoms with Crippen LogP contribution in [0.15, 0.2) is 84.0 Å². The molecule has 7 heteroatoms. The number of methoxy groups -OCH3 is 1. The van der Waals surface area contributed by atoms with Crippen LogP contribution in [0.1, 0.15) is 11.1 Å². The maximum absolute atomic E-state index is 5.89. The molecule has 6 nitrogen and oxygen atoms in total. The molecule has 4 rings (SSSR count). The van der Waals surface area contributed by atoms with E-state index in [4.69, 9.17) is 21.7 Å². The first-order valence-electron chi connectivity index (χ1n) is 9.36. The zero-order valence-corrected chi connectivity index (χ0v) is 17.2. The summed E-state index contributed by atoms with van der Waals surface area (Å²) >= 11 is 5.34. The van der Waals surface area contributed by atoms with Crippen molar-refractivity contribution in [3.8, 4) is 22.9 Å².